The zero-order chi connectivity index (χ0) is 15.5. The van der Waals surface area contributed by atoms with E-state index in [0.717, 1.165) is 36.5 Å². The zero-order valence-electron chi connectivity index (χ0n) is 12.9. The van der Waals surface area contributed by atoms with E-state index in [1.54, 1.807) is 6.07 Å². The summed E-state index contributed by atoms with van der Waals surface area (Å²) in [4.78, 5) is 3.37. The Morgan fingerprint density at radius 3 is 1.95 bits per heavy atom. The third kappa shape index (κ3) is 7.21. The minimum atomic E-state index is 0.416. The highest BCUT2D eigenvalue weighted by atomic mass is 32.1. The standard InChI is InChI=1S/C12H19NO.C6H6S/c1-3-13(4-2)10-9-11-7-5-6-8-12(11)14;7-6-4-2-1-3-5-6/h5-8,14H,3-4,9-10H2,1-2H3;1-5,7H. The second-order valence-corrected chi connectivity index (χ2v) is 5.26. The average Bonchev–Trinajstić information content (AvgIpc) is 2.51. The molecule has 2 nitrogen and oxygen atoms in total. The van der Waals surface area contributed by atoms with Gasteiger partial charge in [0.05, 0.1) is 0 Å². The van der Waals surface area contributed by atoms with Gasteiger partial charge in [0, 0.05) is 11.4 Å². The third-order valence-corrected chi connectivity index (χ3v) is 3.64. The van der Waals surface area contributed by atoms with Crippen molar-refractivity contribution in [1.29, 1.82) is 0 Å². The monoisotopic (exact) mass is 303 g/mol. The van der Waals surface area contributed by atoms with E-state index >= 15 is 0 Å². The van der Waals surface area contributed by atoms with Crippen molar-refractivity contribution in [2.75, 3.05) is 19.6 Å². The lowest BCUT2D eigenvalue weighted by atomic mass is 10.1. The van der Waals surface area contributed by atoms with E-state index in [1.165, 1.54) is 0 Å². The molecule has 2 aromatic rings. The maximum atomic E-state index is 9.55. The van der Waals surface area contributed by atoms with Gasteiger partial charge in [0.15, 0.2) is 0 Å². The summed E-state index contributed by atoms with van der Waals surface area (Å²) in [5.74, 6) is 0.416. The number of phenols is 1. The number of aromatic hydroxyl groups is 1. The van der Waals surface area contributed by atoms with Gasteiger partial charge in [0.2, 0.25) is 0 Å². The third-order valence-electron chi connectivity index (χ3n) is 3.34. The van der Waals surface area contributed by atoms with Crippen molar-refractivity contribution >= 4 is 12.6 Å². The molecule has 0 radical (unpaired) electrons. The summed E-state index contributed by atoms with van der Waals surface area (Å²) in [6, 6.07) is 17.3. The molecule has 0 saturated carbocycles. The molecule has 21 heavy (non-hydrogen) atoms. The highest BCUT2D eigenvalue weighted by Crippen LogP contribution is 2.16. The fraction of sp³-hybridized carbons (Fsp3) is 0.333. The number of rotatable bonds is 5. The first kappa shape index (κ1) is 17.6. The molecule has 0 aliphatic heterocycles. The van der Waals surface area contributed by atoms with Crippen molar-refractivity contribution in [3.63, 3.8) is 0 Å². The van der Waals surface area contributed by atoms with E-state index < -0.39 is 0 Å². The smallest absolute Gasteiger partial charge is 0.118 e. The van der Waals surface area contributed by atoms with Gasteiger partial charge in [0.1, 0.15) is 5.75 Å². The van der Waals surface area contributed by atoms with E-state index in [0.29, 0.717) is 5.75 Å². The number of thiol groups is 1. The van der Waals surface area contributed by atoms with Crippen molar-refractivity contribution in [1.82, 2.24) is 4.90 Å². The molecule has 0 fully saturated rings. The maximum Gasteiger partial charge on any atom is 0.118 e. The van der Waals surface area contributed by atoms with Crippen LogP contribution in [0.1, 0.15) is 19.4 Å². The summed E-state index contributed by atoms with van der Waals surface area (Å²) >= 11 is 4.08. The van der Waals surface area contributed by atoms with Gasteiger partial charge in [-0.3, -0.25) is 0 Å². The van der Waals surface area contributed by atoms with Crippen molar-refractivity contribution in [3.8, 4) is 5.75 Å². The molecule has 2 rings (SSSR count). The highest BCUT2D eigenvalue weighted by molar-refractivity contribution is 7.80. The second-order valence-electron chi connectivity index (χ2n) is 4.74. The summed E-state index contributed by atoms with van der Waals surface area (Å²) in [6.07, 6.45) is 0.925. The van der Waals surface area contributed by atoms with Crippen LogP contribution in [0.5, 0.6) is 5.75 Å². The molecule has 0 aliphatic carbocycles. The SMILES string of the molecule is CCN(CC)CCc1ccccc1O.Sc1ccccc1. The Hall–Kier alpha value is -1.45. The lowest BCUT2D eigenvalue weighted by Crippen LogP contribution is -2.25. The average molecular weight is 303 g/mol. The van der Waals surface area contributed by atoms with Gasteiger partial charge in [-0.15, -0.1) is 12.6 Å². The van der Waals surface area contributed by atoms with Crippen LogP contribution >= 0.6 is 12.6 Å². The first-order valence-corrected chi connectivity index (χ1v) is 7.85. The largest absolute Gasteiger partial charge is 0.508 e. The van der Waals surface area contributed by atoms with Gasteiger partial charge in [-0.05, 0) is 43.3 Å². The molecule has 0 bridgehead atoms. The van der Waals surface area contributed by atoms with Gasteiger partial charge < -0.3 is 10.0 Å². The Labute approximate surface area is 133 Å². The molecule has 114 valence electrons. The van der Waals surface area contributed by atoms with Gasteiger partial charge in [-0.1, -0.05) is 50.2 Å². The van der Waals surface area contributed by atoms with E-state index in [9.17, 15) is 5.11 Å². The molecule has 0 unspecified atom stereocenters. The van der Waals surface area contributed by atoms with Crippen molar-refractivity contribution in [2.45, 2.75) is 25.2 Å². The molecule has 0 spiro atoms. The predicted octanol–water partition coefficient (Wildman–Crippen LogP) is 4.25. The quantitative estimate of drug-likeness (QED) is 0.807. The Kier molecular flexibility index (Phi) is 8.63. The number of nitrogens with zero attached hydrogens (tertiary/aromatic N) is 1. The molecule has 2 aromatic carbocycles. The van der Waals surface area contributed by atoms with Gasteiger partial charge in [0.25, 0.3) is 0 Å². The lowest BCUT2D eigenvalue weighted by Gasteiger charge is -2.17. The Balaban J connectivity index is 0.000000262. The summed E-state index contributed by atoms with van der Waals surface area (Å²) < 4.78 is 0. The van der Waals surface area contributed by atoms with Gasteiger partial charge in [-0.2, -0.15) is 0 Å². The molecule has 0 atom stereocenters. The second kappa shape index (κ2) is 10.3. The van der Waals surface area contributed by atoms with E-state index in [2.05, 4.69) is 31.4 Å². The van der Waals surface area contributed by atoms with Crippen LogP contribution in [0.15, 0.2) is 59.5 Å². The Morgan fingerprint density at radius 2 is 1.48 bits per heavy atom. The van der Waals surface area contributed by atoms with Crippen molar-refractivity contribution < 1.29 is 5.11 Å². The highest BCUT2D eigenvalue weighted by Gasteiger charge is 2.02. The number of likely N-dealkylation sites (N-methyl/N-ethyl adjacent to an activating group) is 1. The number of phenolic OH excluding ortho intramolecular Hbond substituents is 1. The molecular weight excluding hydrogens is 278 g/mol. The van der Waals surface area contributed by atoms with Crippen LogP contribution in [0.25, 0.3) is 0 Å². The van der Waals surface area contributed by atoms with Crippen LogP contribution < -0.4 is 0 Å². The summed E-state index contributed by atoms with van der Waals surface area (Å²) in [6.45, 7) is 7.49. The van der Waals surface area contributed by atoms with E-state index in [4.69, 9.17) is 0 Å². The van der Waals surface area contributed by atoms with Crippen molar-refractivity contribution in [2.24, 2.45) is 0 Å². The molecule has 0 heterocycles. The fourth-order valence-corrected chi connectivity index (χ4v) is 2.14. The van der Waals surface area contributed by atoms with Crippen LogP contribution in [-0.2, 0) is 6.42 Å². The van der Waals surface area contributed by atoms with Gasteiger partial charge >= 0.3 is 0 Å². The van der Waals surface area contributed by atoms with Crippen LogP contribution in [0.2, 0.25) is 0 Å². The van der Waals surface area contributed by atoms with Crippen LogP contribution in [-0.4, -0.2) is 29.6 Å². The van der Waals surface area contributed by atoms with E-state index in [-0.39, 0.29) is 0 Å². The number of para-hydroxylation sites is 1. The summed E-state index contributed by atoms with van der Waals surface area (Å²) in [5, 5.41) is 9.55. The number of hydrogen-bond donors (Lipinski definition) is 2. The summed E-state index contributed by atoms with van der Waals surface area (Å²) in [7, 11) is 0. The predicted molar refractivity (Wildman–Crippen MR) is 93.3 cm³/mol. The lowest BCUT2D eigenvalue weighted by molar-refractivity contribution is 0.306. The minimum Gasteiger partial charge on any atom is -0.508 e. The molecule has 3 heteroatoms. The molecule has 0 saturated heterocycles. The zero-order valence-corrected chi connectivity index (χ0v) is 13.8. The summed E-state index contributed by atoms with van der Waals surface area (Å²) in [5.41, 5.74) is 1.04. The fourth-order valence-electron chi connectivity index (χ4n) is 1.97. The molecular formula is C18H25NOS. The van der Waals surface area contributed by atoms with Crippen molar-refractivity contribution in [3.05, 3.63) is 60.2 Å². The van der Waals surface area contributed by atoms with Crippen LogP contribution in [0.3, 0.4) is 0 Å². The first-order chi connectivity index (χ1) is 10.2. The maximum absolute atomic E-state index is 9.55. The minimum absolute atomic E-state index is 0.416. The molecule has 0 amide bonds. The molecule has 1 N–H and O–H groups in total. The Bertz CT molecular complexity index is 498. The molecule has 0 aliphatic rings. The first-order valence-electron chi connectivity index (χ1n) is 7.40. The molecule has 0 aromatic heterocycles. The van der Waals surface area contributed by atoms with Crippen LogP contribution in [0.4, 0.5) is 0 Å². The topological polar surface area (TPSA) is 23.5 Å². The Morgan fingerprint density at radius 1 is 0.905 bits per heavy atom. The van der Waals surface area contributed by atoms with E-state index in [1.807, 2.05) is 48.5 Å². The van der Waals surface area contributed by atoms with Gasteiger partial charge in [-0.25, -0.2) is 0 Å². The number of benzene rings is 2. The number of hydrogen-bond acceptors (Lipinski definition) is 3. The van der Waals surface area contributed by atoms with Crippen LogP contribution in [0, 0.1) is 0 Å². The normalized spacial score (nSPS) is 10.1.